The quantitative estimate of drug-likeness (QED) is 0.828. The molecule has 3 heterocycles. The van der Waals surface area contributed by atoms with Crippen molar-refractivity contribution < 1.29 is 9.59 Å². The number of hydrogen-bond donors (Lipinski definition) is 2. The number of H-pyrrole nitrogens is 1. The van der Waals surface area contributed by atoms with Crippen molar-refractivity contribution in [3.05, 3.63) is 34.5 Å². The molecule has 26 heavy (non-hydrogen) atoms. The molecule has 2 aromatic rings. The molecule has 1 spiro atoms. The van der Waals surface area contributed by atoms with Crippen LogP contribution in [0.1, 0.15) is 46.9 Å². The number of nitrogens with zero attached hydrogens (tertiary/aromatic N) is 2. The Kier molecular flexibility index (Phi) is 3.68. The minimum absolute atomic E-state index is 0.00598. The fraction of sp³-hybridized carbons (Fsp3) is 0.450. The second kappa shape index (κ2) is 5.69. The van der Waals surface area contributed by atoms with Gasteiger partial charge in [-0.1, -0.05) is 12.1 Å². The van der Waals surface area contributed by atoms with E-state index in [9.17, 15) is 9.59 Å². The summed E-state index contributed by atoms with van der Waals surface area (Å²) in [6, 6.07) is 4.17. The molecule has 0 radical (unpaired) electrons. The molecule has 2 aliphatic rings. The van der Waals surface area contributed by atoms with Crippen LogP contribution in [0.15, 0.2) is 17.1 Å². The molecule has 0 unspecified atom stereocenters. The largest absolute Gasteiger partial charge is 0.350 e. The Labute approximate surface area is 152 Å². The summed E-state index contributed by atoms with van der Waals surface area (Å²) in [5, 5.41) is 3.93. The number of aromatic nitrogens is 1. The van der Waals surface area contributed by atoms with Gasteiger partial charge in [-0.3, -0.25) is 14.6 Å². The van der Waals surface area contributed by atoms with Crippen LogP contribution < -0.4 is 5.32 Å². The molecule has 2 amide bonds. The molecule has 0 saturated carbocycles. The molecular formula is C20H24N4O2. The summed E-state index contributed by atoms with van der Waals surface area (Å²) < 4.78 is 0. The molecule has 2 N–H and O–H groups in total. The highest BCUT2D eigenvalue weighted by molar-refractivity contribution is 6.07. The van der Waals surface area contributed by atoms with Crippen LogP contribution in [0.3, 0.4) is 0 Å². The normalized spacial score (nSPS) is 19.2. The Bertz CT molecular complexity index is 962. The maximum absolute atomic E-state index is 13.1. The van der Waals surface area contributed by atoms with Crippen LogP contribution in [0.5, 0.6) is 0 Å². The SMILES string of the molecule is CC1=NC2(CCN(C(=O)c3[nH]c4c(C)ccc(C)c4c3C)CC2)C(=O)N1. The van der Waals surface area contributed by atoms with Gasteiger partial charge in [0.25, 0.3) is 11.8 Å². The first kappa shape index (κ1) is 16.8. The number of piperidine rings is 1. The van der Waals surface area contributed by atoms with E-state index >= 15 is 0 Å². The number of aryl methyl sites for hydroxylation is 3. The highest BCUT2D eigenvalue weighted by atomic mass is 16.2. The molecule has 1 fully saturated rings. The number of amides is 2. The van der Waals surface area contributed by atoms with Crippen molar-refractivity contribution >= 4 is 28.6 Å². The van der Waals surface area contributed by atoms with Gasteiger partial charge in [0.15, 0.2) is 0 Å². The van der Waals surface area contributed by atoms with Crippen molar-refractivity contribution in [1.29, 1.82) is 0 Å². The lowest BCUT2D eigenvalue weighted by Crippen LogP contribution is -2.50. The smallest absolute Gasteiger partial charge is 0.270 e. The van der Waals surface area contributed by atoms with E-state index in [0.29, 0.717) is 37.5 Å². The van der Waals surface area contributed by atoms with Gasteiger partial charge in [0.2, 0.25) is 0 Å². The second-order valence-electron chi connectivity index (χ2n) is 7.55. The third-order valence-electron chi connectivity index (χ3n) is 5.81. The first-order valence-corrected chi connectivity index (χ1v) is 9.08. The van der Waals surface area contributed by atoms with Gasteiger partial charge in [-0.2, -0.15) is 0 Å². The maximum Gasteiger partial charge on any atom is 0.270 e. The fourth-order valence-corrected chi connectivity index (χ4v) is 4.27. The number of amidine groups is 1. The molecule has 6 nitrogen and oxygen atoms in total. The van der Waals surface area contributed by atoms with Crippen LogP contribution in [0.25, 0.3) is 10.9 Å². The molecule has 1 aromatic heterocycles. The Morgan fingerprint density at radius 3 is 2.35 bits per heavy atom. The Morgan fingerprint density at radius 1 is 1.12 bits per heavy atom. The number of likely N-dealkylation sites (tertiary alicyclic amines) is 1. The van der Waals surface area contributed by atoms with Crippen LogP contribution in [-0.4, -0.2) is 46.2 Å². The summed E-state index contributed by atoms with van der Waals surface area (Å²) in [4.78, 5) is 35.0. The van der Waals surface area contributed by atoms with Gasteiger partial charge in [0, 0.05) is 24.0 Å². The van der Waals surface area contributed by atoms with Crippen molar-refractivity contribution in [2.24, 2.45) is 4.99 Å². The summed E-state index contributed by atoms with van der Waals surface area (Å²) in [6.45, 7) is 9.01. The number of benzene rings is 1. The molecule has 136 valence electrons. The zero-order valence-electron chi connectivity index (χ0n) is 15.7. The lowest BCUT2D eigenvalue weighted by atomic mass is 9.88. The number of carbonyl (C=O) groups excluding carboxylic acids is 2. The first-order chi connectivity index (χ1) is 12.3. The summed E-state index contributed by atoms with van der Waals surface area (Å²) in [7, 11) is 0. The maximum atomic E-state index is 13.1. The number of carbonyl (C=O) groups is 2. The van der Waals surface area contributed by atoms with E-state index in [-0.39, 0.29) is 11.8 Å². The average molecular weight is 352 g/mol. The van der Waals surface area contributed by atoms with E-state index in [2.05, 4.69) is 41.3 Å². The van der Waals surface area contributed by atoms with Crippen molar-refractivity contribution in [3.8, 4) is 0 Å². The van der Waals surface area contributed by atoms with Gasteiger partial charge in [-0.25, -0.2) is 0 Å². The monoisotopic (exact) mass is 352 g/mol. The van der Waals surface area contributed by atoms with Crippen LogP contribution in [0.4, 0.5) is 0 Å². The minimum atomic E-state index is -0.677. The first-order valence-electron chi connectivity index (χ1n) is 9.08. The Hall–Kier alpha value is -2.63. The van der Waals surface area contributed by atoms with Gasteiger partial charge in [0.05, 0.1) is 0 Å². The molecule has 6 heteroatoms. The molecular weight excluding hydrogens is 328 g/mol. The van der Waals surface area contributed by atoms with Crippen LogP contribution in [-0.2, 0) is 4.79 Å². The van der Waals surface area contributed by atoms with Crippen molar-refractivity contribution in [2.45, 2.75) is 46.1 Å². The van der Waals surface area contributed by atoms with Gasteiger partial charge < -0.3 is 15.2 Å². The van der Waals surface area contributed by atoms with Gasteiger partial charge in [-0.05, 0) is 57.2 Å². The Balaban J connectivity index is 1.61. The fourth-order valence-electron chi connectivity index (χ4n) is 4.27. The molecule has 0 aliphatic carbocycles. The van der Waals surface area contributed by atoms with Crippen LogP contribution in [0, 0.1) is 20.8 Å². The predicted octanol–water partition coefficient (Wildman–Crippen LogP) is 2.62. The molecule has 0 bridgehead atoms. The van der Waals surface area contributed by atoms with Crippen LogP contribution >= 0.6 is 0 Å². The Morgan fingerprint density at radius 2 is 1.77 bits per heavy atom. The van der Waals surface area contributed by atoms with Crippen molar-refractivity contribution in [1.82, 2.24) is 15.2 Å². The third-order valence-corrected chi connectivity index (χ3v) is 5.81. The summed E-state index contributed by atoms with van der Waals surface area (Å²) in [6.07, 6.45) is 1.14. The summed E-state index contributed by atoms with van der Waals surface area (Å²) in [5.41, 5.74) is 4.32. The predicted molar refractivity (Wildman–Crippen MR) is 102 cm³/mol. The molecule has 4 rings (SSSR count). The molecule has 2 aliphatic heterocycles. The number of rotatable bonds is 1. The van der Waals surface area contributed by atoms with Gasteiger partial charge in [0.1, 0.15) is 17.1 Å². The van der Waals surface area contributed by atoms with E-state index in [4.69, 9.17) is 0 Å². The summed E-state index contributed by atoms with van der Waals surface area (Å²) in [5.74, 6) is 0.647. The highest BCUT2D eigenvalue weighted by Gasteiger charge is 2.45. The second-order valence-corrected chi connectivity index (χ2v) is 7.55. The van der Waals surface area contributed by atoms with E-state index in [1.54, 1.807) is 0 Å². The molecule has 0 atom stereocenters. The lowest BCUT2D eigenvalue weighted by molar-refractivity contribution is -0.125. The zero-order valence-corrected chi connectivity index (χ0v) is 15.7. The van der Waals surface area contributed by atoms with Crippen molar-refractivity contribution in [2.75, 3.05) is 13.1 Å². The number of aliphatic imine (C=N–C) groups is 1. The summed E-state index contributed by atoms with van der Waals surface area (Å²) >= 11 is 0. The number of nitrogens with one attached hydrogen (secondary N) is 2. The topological polar surface area (TPSA) is 77.6 Å². The third kappa shape index (κ3) is 2.35. The van der Waals surface area contributed by atoms with Crippen LogP contribution in [0.2, 0.25) is 0 Å². The lowest BCUT2D eigenvalue weighted by Gasteiger charge is -2.35. The van der Waals surface area contributed by atoms with E-state index in [1.165, 1.54) is 5.56 Å². The average Bonchev–Trinajstić information content (AvgIpc) is 3.09. The van der Waals surface area contributed by atoms with E-state index < -0.39 is 5.54 Å². The highest BCUT2D eigenvalue weighted by Crippen LogP contribution is 2.32. The minimum Gasteiger partial charge on any atom is -0.350 e. The number of fused-ring (bicyclic) bond motifs is 1. The molecule has 1 saturated heterocycles. The number of aromatic amines is 1. The van der Waals surface area contributed by atoms with E-state index in [0.717, 1.165) is 22.0 Å². The molecule has 1 aromatic carbocycles. The van der Waals surface area contributed by atoms with Gasteiger partial charge in [-0.15, -0.1) is 0 Å². The van der Waals surface area contributed by atoms with E-state index in [1.807, 2.05) is 18.7 Å². The number of hydrogen-bond acceptors (Lipinski definition) is 3. The standard InChI is InChI=1S/C20H24N4O2/c1-11-5-6-12(2)16-15(11)13(3)17(22-16)18(25)24-9-7-20(8-10-24)19(26)21-14(4)23-20/h5-6,22H,7-10H2,1-4H3,(H,21,23,26). The van der Waals surface area contributed by atoms with Crippen molar-refractivity contribution in [3.63, 3.8) is 0 Å². The van der Waals surface area contributed by atoms with Gasteiger partial charge >= 0.3 is 0 Å². The zero-order chi connectivity index (χ0) is 18.6.